The van der Waals surface area contributed by atoms with Gasteiger partial charge in [-0.1, -0.05) is 37.3 Å². The zero-order valence-corrected chi connectivity index (χ0v) is 15.7. The number of sulfonamides is 1. The fraction of sp³-hybridized carbons (Fsp3) is 0.353. The molecule has 2 aromatic carbocycles. The summed E-state index contributed by atoms with van der Waals surface area (Å²) in [5, 5.41) is 4.56. The molecule has 1 unspecified atom stereocenters. The van der Waals surface area contributed by atoms with Gasteiger partial charge in [-0.15, -0.1) is 12.4 Å². The minimum atomic E-state index is -3.63. The van der Waals surface area contributed by atoms with Crippen LogP contribution in [0.3, 0.4) is 0 Å². The molecule has 0 spiro atoms. The van der Waals surface area contributed by atoms with Crippen LogP contribution >= 0.6 is 12.4 Å². The van der Waals surface area contributed by atoms with Gasteiger partial charge in [-0.2, -0.15) is 0 Å². The molecule has 8 heteroatoms. The van der Waals surface area contributed by atoms with Gasteiger partial charge in [0.25, 0.3) is 0 Å². The summed E-state index contributed by atoms with van der Waals surface area (Å²) >= 11 is 0. The molecule has 0 fully saturated rings. The summed E-state index contributed by atoms with van der Waals surface area (Å²) in [6.07, 6.45) is 0.0874. The third-order valence-corrected chi connectivity index (χ3v) is 5.18. The van der Waals surface area contributed by atoms with E-state index in [9.17, 15) is 13.2 Å². The van der Waals surface area contributed by atoms with Gasteiger partial charge in [0.15, 0.2) is 0 Å². The number of amides is 1. The van der Waals surface area contributed by atoms with Gasteiger partial charge in [0.05, 0.1) is 4.90 Å². The number of rotatable bonds is 8. The van der Waals surface area contributed by atoms with Crippen molar-refractivity contribution in [3.63, 3.8) is 0 Å². The number of hydrogen-bond acceptors (Lipinski definition) is 4. The second-order valence-electron chi connectivity index (χ2n) is 5.80. The smallest absolute Gasteiger partial charge is 0.240 e. The number of carbonyl (C=O) groups excluding carboxylic acids is 1. The van der Waals surface area contributed by atoms with Crippen LogP contribution in [0.25, 0.3) is 10.8 Å². The zero-order valence-electron chi connectivity index (χ0n) is 14.1. The Morgan fingerprint density at radius 3 is 2.52 bits per heavy atom. The average Bonchev–Trinajstić information content (AvgIpc) is 2.59. The number of nitrogens with two attached hydrogens (primary N) is 1. The molecular formula is C17H24ClN3O3S. The van der Waals surface area contributed by atoms with Crippen LogP contribution < -0.4 is 15.8 Å². The molecule has 0 saturated heterocycles. The van der Waals surface area contributed by atoms with E-state index in [-0.39, 0.29) is 42.1 Å². The SMILES string of the molecule is CC(CN)CNC(=O)CCNS(=O)(=O)c1ccc2ccccc2c1.Cl. The molecule has 0 aliphatic heterocycles. The van der Waals surface area contributed by atoms with E-state index in [4.69, 9.17) is 5.73 Å². The van der Waals surface area contributed by atoms with Crippen LogP contribution in [0.2, 0.25) is 0 Å². The summed E-state index contributed by atoms with van der Waals surface area (Å²) in [5.74, 6) is -0.000229. The molecule has 0 aliphatic carbocycles. The second kappa shape index (κ2) is 9.72. The second-order valence-corrected chi connectivity index (χ2v) is 7.57. The number of fused-ring (bicyclic) bond motifs is 1. The first-order valence-electron chi connectivity index (χ1n) is 7.87. The topological polar surface area (TPSA) is 101 Å². The summed E-state index contributed by atoms with van der Waals surface area (Å²) in [6, 6.07) is 12.5. The summed E-state index contributed by atoms with van der Waals surface area (Å²) in [6.45, 7) is 2.97. The summed E-state index contributed by atoms with van der Waals surface area (Å²) in [5.41, 5.74) is 5.48. The Morgan fingerprint density at radius 2 is 1.84 bits per heavy atom. The van der Waals surface area contributed by atoms with Crippen molar-refractivity contribution < 1.29 is 13.2 Å². The summed E-state index contributed by atoms with van der Waals surface area (Å²) in [7, 11) is -3.63. The largest absolute Gasteiger partial charge is 0.356 e. The van der Waals surface area contributed by atoms with Crippen LogP contribution in [0.5, 0.6) is 0 Å². The quantitative estimate of drug-likeness (QED) is 0.642. The molecule has 2 aromatic rings. The van der Waals surface area contributed by atoms with Crippen LogP contribution in [0, 0.1) is 5.92 Å². The summed E-state index contributed by atoms with van der Waals surface area (Å²) < 4.78 is 27.1. The molecule has 25 heavy (non-hydrogen) atoms. The highest BCUT2D eigenvalue weighted by Crippen LogP contribution is 2.18. The molecule has 1 atom stereocenters. The minimum Gasteiger partial charge on any atom is -0.356 e. The van der Waals surface area contributed by atoms with Gasteiger partial charge in [0.1, 0.15) is 0 Å². The highest BCUT2D eigenvalue weighted by atomic mass is 35.5. The Kier molecular flexibility index (Phi) is 8.31. The molecule has 6 nitrogen and oxygen atoms in total. The van der Waals surface area contributed by atoms with E-state index in [1.54, 1.807) is 18.2 Å². The number of benzene rings is 2. The first-order valence-corrected chi connectivity index (χ1v) is 9.36. The van der Waals surface area contributed by atoms with Gasteiger partial charge in [0.2, 0.25) is 15.9 Å². The Hall–Kier alpha value is -1.67. The molecule has 0 saturated carbocycles. The lowest BCUT2D eigenvalue weighted by Gasteiger charge is -2.11. The van der Waals surface area contributed by atoms with Crippen molar-refractivity contribution in [1.29, 1.82) is 0 Å². The van der Waals surface area contributed by atoms with Crippen molar-refractivity contribution in [2.75, 3.05) is 19.6 Å². The number of hydrogen-bond donors (Lipinski definition) is 3. The van der Waals surface area contributed by atoms with Crippen LogP contribution in [-0.4, -0.2) is 34.0 Å². The third-order valence-electron chi connectivity index (χ3n) is 3.73. The van der Waals surface area contributed by atoms with Crippen molar-refractivity contribution in [3.8, 4) is 0 Å². The lowest BCUT2D eigenvalue weighted by molar-refractivity contribution is -0.121. The number of halogens is 1. The summed E-state index contributed by atoms with van der Waals surface area (Å²) in [4.78, 5) is 11.9. The van der Waals surface area contributed by atoms with Gasteiger partial charge in [-0.25, -0.2) is 13.1 Å². The standard InChI is InChI=1S/C17H23N3O3S.ClH/c1-13(11-18)12-19-17(21)8-9-20-24(22,23)16-7-6-14-4-2-3-5-15(14)10-16;/h2-7,10,13,20H,8-9,11-12,18H2,1H3,(H,19,21);1H. The Labute approximate surface area is 154 Å². The molecule has 0 aromatic heterocycles. The highest BCUT2D eigenvalue weighted by molar-refractivity contribution is 7.89. The van der Waals surface area contributed by atoms with E-state index in [1.807, 2.05) is 31.2 Å². The van der Waals surface area contributed by atoms with Crippen molar-refractivity contribution in [3.05, 3.63) is 42.5 Å². The van der Waals surface area contributed by atoms with E-state index in [0.29, 0.717) is 13.1 Å². The molecule has 0 heterocycles. The van der Waals surface area contributed by atoms with E-state index in [0.717, 1.165) is 10.8 Å². The number of nitrogens with one attached hydrogen (secondary N) is 2. The maximum Gasteiger partial charge on any atom is 0.240 e. The normalized spacial score (nSPS) is 12.4. The molecule has 0 aliphatic rings. The third kappa shape index (κ3) is 6.28. The van der Waals surface area contributed by atoms with Crippen molar-refractivity contribution in [1.82, 2.24) is 10.0 Å². The van der Waals surface area contributed by atoms with E-state index in [1.165, 1.54) is 0 Å². The number of carbonyl (C=O) groups is 1. The molecule has 138 valence electrons. The van der Waals surface area contributed by atoms with Gasteiger partial charge in [0, 0.05) is 19.5 Å². The Balaban J connectivity index is 0.00000312. The predicted octanol–water partition coefficient (Wildman–Crippen LogP) is 1.64. The van der Waals surface area contributed by atoms with Gasteiger partial charge in [-0.05, 0) is 35.4 Å². The first-order chi connectivity index (χ1) is 11.4. The molecular weight excluding hydrogens is 362 g/mol. The lowest BCUT2D eigenvalue weighted by Crippen LogP contribution is -2.34. The molecule has 0 radical (unpaired) electrons. The fourth-order valence-electron chi connectivity index (χ4n) is 2.18. The Bertz CT molecular complexity index is 812. The van der Waals surface area contributed by atoms with Gasteiger partial charge < -0.3 is 11.1 Å². The van der Waals surface area contributed by atoms with Gasteiger partial charge >= 0.3 is 0 Å². The molecule has 4 N–H and O–H groups in total. The lowest BCUT2D eigenvalue weighted by atomic mass is 10.1. The average molecular weight is 386 g/mol. The van der Waals surface area contributed by atoms with Crippen LogP contribution in [0.1, 0.15) is 13.3 Å². The van der Waals surface area contributed by atoms with Crippen molar-refractivity contribution in [2.45, 2.75) is 18.2 Å². The maximum absolute atomic E-state index is 12.3. The first kappa shape index (κ1) is 21.4. The highest BCUT2D eigenvalue weighted by Gasteiger charge is 2.14. The van der Waals surface area contributed by atoms with Crippen molar-refractivity contribution in [2.24, 2.45) is 11.7 Å². The molecule has 2 rings (SSSR count). The van der Waals surface area contributed by atoms with E-state index < -0.39 is 10.0 Å². The zero-order chi connectivity index (χ0) is 17.6. The Morgan fingerprint density at radius 1 is 1.16 bits per heavy atom. The van der Waals surface area contributed by atoms with Gasteiger partial charge in [-0.3, -0.25) is 4.79 Å². The van der Waals surface area contributed by atoms with Crippen LogP contribution in [0.15, 0.2) is 47.4 Å². The maximum atomic E-state index is 12.3. The minimum absolute atomic E-state index is 0. The van der Waals surface area contributed by atoms with E-state index in [2.05, 4.69) is 10.0 Å². The molecule has 0 bridgehead atoms. The van der Waals surface area contributed by atoms with Crippen LogP contribution in [-0.2, 0) is 14.8 Å². The monoisotopic (exact) mass is 385 g/mol. The van der Waals surface area contributed by atoms with Crippen molar-refractivity contribution >= 4 is 39.1 Å². The molecule has 1 amide bonds. The fourth-order valence-corrected chi connectivity index (χ4v) is 3.24. The predicted molar refractivity (Wildman–Crippen MR) is 102 cm³/mol. The van der Waals surface area contributed by atoms with Crippen LogP contribution in [0.4, 0.5) is 0 Å². The van der Waals surface area contributed by atoms with E-state index >= 15 is 0 Å².